The molecule has 0 saturated carbocycles. The Morgan fingerprint density at radius 3 is 2.29 bits per heavy atom. The molecule has 4 nitrogen and oxygen atoms in total. The number of alkyl halides is 3. The van der Waals surface area contributed by atoms with Crippen LogP contribution in [0.25, 0.3) is 11.6 Å². The van der Waals surface area contributed by atoms with Gasteiger partial charge in [0.1, 0.15) is 5.76 Å². The number of benzene rings is 2. The van der Waals surface area contributed by atoms with E-state index < -0.39 is 11.7 Å². The third kappa shape index (κ3) is 4.82. The highest BCUT2D eigenvalue weighted by molar-refractivity contribution is 6.24. The molecule has 1 aliphatic rings. The van der Waals surface area contributed by atoms with Crippen LogP contribution in [0.4, 0.5) is 18.9 Å². The Morgan fingerprint density at radius 1 is 0.903 bits per heavy atom. The maximum absolute atomic E-state index is 13.3. The van der Waals surface area contributed by atoms with E-state index in [1.807, 2.05) is 35.2 Å². The van der Waals surface area contributed by atoms with E-state index in [2.05, 4.69) is 0 Å². The summed E-state index contributed by atoms with van der Waals surface area (Å²) in [5.74, 6) is 0.445. The molecule has 2 aromatic carbocycles. The fourth-order valence-electron chi connectivity index (χ4n) is 3.62. The second-order valence-corrected chi connectivity index (χ2v) is 7.27. The molecule has 0 radical (unpaired) electrons. The minimum Gasteiger partial charge on any atom is -0.465 e. The van der Waals surface area contributed by atoms with Crippen molar-refractivity contribution in [1.82, 2.24) is 4.90 Å². The van der Waals surface area contributed by atoms with Gasteiger partial charge in [0.2, 0.25) is 0 Å². The predicted molar refractivity (Wildman–Crippen MR) is 113 cm³/mol. The predicted octanol–water partition coefficient (Wildman–Crippen LogP) is 5.19. The number of carbonyl (C=O) groups excluding carboxylic acids is 1. The van der Waals surface area contributed by atoms with Crippen LogP contribution >= 0.6 is 0 Å². The number of anilines is 1. The number of hydrogen-bond donors (Lipinski definition) is 0. The normalized spacial score (nSPS) is 15.3. The molecule has 0 bridgehead atoms. The maximum Gasteiger partial charge on any atom is 0.416 e. The molecule has 1 fully saturated rings. The molecule has 0 unspecified atom stereocenters. The van der Waals surface area contributed by atoms with Crippen LogP contribution in [0, 0.1) is 0 Å². The van der Waals surface area contributed by atoms with Crippen molar-refractivity contribution in [2.45, 2.75) is 6.18 Å². The largest absolute Gasteiger partial charge is 0.465 e. The van der Waals surface area contributed by atoms with Gasteiger partial charge in [0.15, 0.2) is 0 Å². The molecule has 4 rings (SSSR count). The van der Waals surface area contributed by atoms with Crippen LogP contribution in [-0.2, 0) is 11.0 Å². The van der Waals surface area contributed by atoms with Gasteiger partial charge in [0, 0.05) is 31.9 Å². The molecule has 1 saturated heterocycles. The Labute approximate surface area is 178 Å². The van der Waals surface area contributed by atoms with E-state index in [0.717, 1.165) is 17.7 Å². The topological polar surface area (TPSA) is 36.7 Å². The van der Waals surface area contributed by atoms with Crippen molar-refractivity contribution in [2.75, 3.05) is 31.1 Å². The minimum absolute atomic E-state index is 0.133. The second kappa shape index (κ2) is 8.71. The van der Waals surface area contributed by atoms with Crippen LogP contribution < -0.4 is 4.90 Å². The number of hydrogen-bond acceptors (Lipinski definition) is 3. The summed E-state index contributed by atoms with van der Waals surface area (Å²) in [5.41, 5.74) is 1.14. The molecule has 7 heteroatoms. The number of furan rings is 1. The number of carbonyl (C=O) groups is 1. The van der Waals surface area contributed by atoms with E-state index in [0.29, 0.717) is 43.2 Å². The number of amides is 1. The highest BCUT2D eigenvalue weighted by Gasteiger charge is 2.31. The standard InChI is InChI=1S/C24H21F3N2O2/c25-24(26,27)19-8-4-9-20(16-19)28-11-13-29(14-12-28)23(30)22(17-21-10-5-15-31-21)18-6-2-1-3-7-18/h1-10,15-17H,11-14H2/b22-17+. The van der Waals surface area contributed by atoms with Crippen molar-refractivity contribution in [3.05, 3.63) is 89.9 Å². The molecule has 3 aromatic rings. The zero-order valence-electron chi connectivity index (χ0n) is 16.7. The van der Waals surface area contributed by atoms with Crippen LogP contribution in [0.15, 0.2) is 77.4 Å². The Kier molecular flexibility index (Phi) is 5.84. The highest BCUT2D eigenvalue weighted by atomic mass is 19.4. The van der Waals surface area contributed by atoms with Gasteiger partial charge in [-0.2, -0.15) is 13.2 Å². The van der Waals surface area contributed by atoms with Gasteiger partial charge in [-0.15, -0.1) is 0 Å². The quantitative estimate of drug-likeness (QED) is 0.539. The summed E-state index contributed by atoms with van der Waals surface area (Å²) in [7, 11) is 0. The van der Waals surface area contributed by atoms with Crippen LogP contribution in [-0.4, -0.2) is 37.0 Å². The molecule has 0 atom stereocenters. The number of halogens is 3. The lowest BCUT2D eigenvalue weighted by atomic mass is 10.0. The van der Waals surface area contributed by atoms with Gasteiger partial charge < -0.3 is 14.2 Å². The lowest BCUT2D eigenvalue weighted by Crippen LogP contribution is -2.49. The molecule has 2 heterocycles. The fraction of sp³-hybridized carbons (Fsp3) is 0.208. The van der Waals surface area contributed by atoms with Gasteiger partial charge in [-0.25, -0.2) is 0 Å². The van der Waals surface area contributed by atoms with Crippen molar-refractivity contribution in [2.24, 2.45) is 0 Å². The second-order valence-electron chi connectivity index (χ2n) is 7.27. The fourth-order valence-corrected chi connectivity index (χ4v) is 3.62. The summed E-state index contributed by atoms with van der Waals surface area (Å²) in [6, 6.07) is 18.2. The molecule has 31 heavy (non-hydrogen) atoms. The molecular formula is C24H21F3N2O2. The first-order valence-corrected chi connectivity index (χ1v) is 9.94. The van der Waals surface area contributed by atoms with Crippen molar-refractivity contribution >= 4 is 23.2 Å². The zero-order valence-corrected chi connectivity index (χ0v) is 16.7. The molecule has 1 aliphatic heterocycles. The summed E-state index contributed by atoms with van der Waals surface area (Å²) < 4.78 is 44.5. The van der Waals surface area contributed by atoms with Crippen LogP contribution in [0.3, 0.4) is 0 Å². The summed E-state index contributed by atoms with van der Waals surface area (Å²) in [6.07, 6.45) is -1.11. The number of rotatable bonds is 4. The Hall–Kier alpha value is -3.48. The maximum atomic E-state index is 13.3. The average Bonchev–Trinajstić information content (AvgIpc) is 3.31. The van der Waals surface area contributed by atoms with E-state index >= 15 is 0 Å². The van der Waals surface area contributed by atoms with Gasteiger partial charge in [0.05, 0.1) is 17.4 Å². The van der Waals surface area contributed by atoms with Gasteiger partial charge in [0.25, 0.3) is 5.91 Å². The van der Waals surface area contributed by atoms with E-state index in [1.54, 1.807) is 35.4 Å². The highest BCUT2D eigenvalue weighted by Crippen LogP contribution is 2.32. The first-order valence-electron chi connectivity index (χ1n) is 9.94. The van der Waals surface area contributed by atoms with Gasteiger partial charge in [-0.1, -0.05) is 36.4 Å². The van der Waals surface area contributed by atoms with E-state index in [4.69, 9.17) is 4.42 Å². The molecule has 1 amide bonds. The van der Waals surface area contributed by atoms with Gasteiger partial charge >= 0.3 is 6.18 Å². The van der Waals surface area contributed by atoms with E-state index in [-0.39, 0.29) is 5.91 Å². The van der Waals surface area contributed by atoms with Crippen molar-refractivity contribution in [3.8, 4) is 0 Å². The Bertz CT molecular complexity index is 1050. The summed E-state index contributed by atoms with van der Waals surface area (Å²) in [4.78, 5) is 16.9. The van der Waals surface area contributed by atoms with Crippen LogP contribution in [0.2, 0.25) is 0 Å². The van der Waals surface area contributed by atoms with Gasteiger partial charge in [-0.05, 0) is 42.0 Å². The monoisotopic (exact) mass is 426 g/mol. The third-order valence-electron chi connectivity index (χ3n) is 5.25. The Morgan fingerprint density at radius 2 is 1.65 bits per heavy atom. The lowest BCUT2D eigenvalue weighted by molar-refractivity contribution is -0.137. The van der Waals surface area contributed by atoms with E-state index in [9.17, 15) is 18.0 Å². The molecule has 0 aliphatic carbocycles. The van der Waals surface area contributed by atoms with Crippen LogP contribution in [0.1, 0.15) is 16.9 Å². The average molecular weight is 426 g/mol. The molecule has 1 aromatic heterocycles. The molecule has 160 valence electrons. The third-order valence-corrected chi connectivity index (χ3v) is 5.25. The lowest BCUT2D eigenvalue weighted by Gasteiger charge is -2.36. The summed E-state index contributed by atoms with van der Waals surface area (Å²) >= 11 is 0. The number of piperazine rings is 1. The zero-order chi connectivity index (χ0) is 21.8. The Balaban J connectivity index is 1.50. The smallest absolute Gasteiger partial charge is 0.416 e. The van der Waals surface area contributed by atoms with Crippen molar-refractivity contribution in [1.29, 1.82) is 0 Å². The first-order chi connectivity index (χ1) is 14.9. The van der Waals surface area contributed by atoms with E-state index in [1.165, 1.54) is 6.07 Å². The molecule has 0 spiro atoms. The summed E-state index contributed by atoms with van der Waals surface area (Å²) in [6.45, 7) is 1.74. The molecular weight excluding hydrogens is 405 g/mol. The first kappa shape index (κ1) is 20.8. The van der Waals surface area contributed by atoms with Crippen molar-refractivity contribution < 1.29 is 22.4 Å². The van der Waals surface area contributed by atoms with Gasteiger partial charge in [-0.3, -0.25) is 4.79 Å². The van der Waals surface area contributed by atoms with Crippen molar-refractivity contribution in [3.63, 3.8) is 0 Å². The summed E-state index contributed by atoms with van der Waals surface area (Å²) in [5, 5.41) is 0. The number of nitrogens with zero attached hydrogens (tertiary/aromatic N) is 2. The minimum atomic E-state index is -4.38. The SMILES string of the molecule is O=C(/C(=C/c1ccco1)c1ccccc1)N1CCN(c2cccc(C(F)(F)F)c2)CC1. The molecule has 0 N–H and O–H groups in total. The van der Waals surface area contributed by atoms with Crippen LogP contribution in [0.5, 0.6) is 0 Å².